The molecule has 0 aliphatic rings. The summed E-state index contributed by atoms with van der Waals surface area (Å²) in [7, 11) is 0. The fourth-order valence-corrected chi connectivity index (χ4v) is 1.62. The van der Waals surface area contributed by atoms with Crippen molar-refractivity contribution < 1.29 is 9.90 Å². The molecule has 0 aliphatic heterocycles. The van der Waals surface area contributed by atoms with Crippen LogP contribution in [0.15, 0.2) is 30.7 Å². The fourth-order valence-electron chi connectivity index (χ4n) is 1.62. The first-order valence-corrected chi connectivity index (χ1v) is 4.93. The molecule has 1 heterocycles. The monoisotopic (exact) mass is 216 g/mol. The maximum Gasteiger partial charge on any atom is 0.335 e. The third kappa shape index (κ3) is 1.69. The number of carbonyl (C=O) groups is 1. The summed E-state index contributed by atoms with van der Waals surface area (Å²) in [6, 6.07) is 5.07. The van der Waals surface area contributed by atoms with Crippen molar-refractivity contribution >= 4 is 5.97 Å². The molecule has 0 bridgehead atoms. The number of imidazole rings is 1. The Hall–Kier alpha value is -2.10. The third-order valence-corrected chi connectivity index (χ3v) is 2.54. The molecule has 2 aromatic rings. The van der Waals surface area contributed by atoms with Gasteiger partial charge in [0.1, 0.15) is 0 Å². The Morgan fingerprint density at radius 3 is 2.69 bits per heavy atom. The minimum Gasteiger partial charge on any atom is -0.478 e. The van der Waals surface area contributed by atoms with Crippen LogP contribution in [0.25, 0.3) is 5.69 Å². The number of hydrogen-bond acceptors (Lipinski definition) is 2. The quantitative estimate of drug-likeness (QED) is 0.837. The van der Waals surface area contributed by atoms with Gasteiger partial charge in [-0.2, -0.15) is 0 Å². The maximum absolute atomic E-state index is 10.9. The summed E-state index contributed by atoms with van der Waals surface area (Å²) in [5.74, 6) is -0.918. The van der Waals surface area contributed by atoms with Gasteiger partial charge in [-0.05, 0) is 31.5 Å². The molecule has 2 rings (SSSR count). The number of nitrogens with zero attached hydrogens (tertiary/aromatic N) is 2. The molecule has 0 fully saturated rings. The fraction of sp³-hybridized carbons (Fsp3) is 0.167. The highest BCUT2D eigenvalue weighted by molar-refractivity contribution is 5.88. The van der Waals surface area contributed by atoms with Gasteiger partial charge in [-0.15, -0.1) is 0 Å². The topological polar surface area (TPSA) is 55.1 Å². The van der Waals surface area contributed by atoms with E-state index >= 15 is 0 Å². The summed E-state index contributed by atoms with van der Waals surface area (Å²) in [6.07, 6.45) is 3.43. The molecule has 4 nitrogen and oxygen atoms in total. The molecule has 0 atom stereocenters. The molecule has 0 spiro atoms. The zero-order valence-electron chi connectivity index (χ0n) is 9.14. The van der Waals surface area contributed by atoms with Gasteiger partial charge in [0.2, 0.25) is 0 Å². The molecule has 0 unspecified atom stereocenters. The number of carboxylic acid groups (broad SMARTS) is 1. The zero-order chi connectivity index (χ0) is 11.7. The van der Waals surface area contributed by atoms with Crippen LogP contribution in [0.4, 0.5) is 0 Å². The minimum atomic E-state index is -0.918. The highest BCUT2D eigenvalue weighted by atomic mass is 16.4. The van der Waals surface area contributed by atoms with Gasteiger partial charge in [-0.1, -0.05) is 6.07 Å². The van der Waals surface area contributed by atoms with Crippen LogP contribution >= 0.6 is 0 Å². The maximum atomic E-state index is 10.9. The summed E-state index contributed by atoms with van der Waals surface area (Å²) in [6.45, 7) is 3.88. The summed E-state index contributed by atoms with van der Waals surface area (Å²) in [5, 5.41) is 8.94. The van der Waals surface area contributed by atoms with E-state index in [-0.39, 0.29) is 5.56 Å². The average Bonchev–Trinajstić information content (AvgIpc) is 2.65. The molecular weight excluding hydrogens is 204 g/mol. The molecule has 1 N–H and O–H groups in total. The van der Waals surface area contributed by atoms with Crippen molar-refractivity contribution in [1.82, 2.24) is 9.55 Å². The first-order chi connectivity index (χ1) is 7.59. The average molecular weight is 216 g/mol. The zero-order valence-corrected chi connectivity index (χ0v) is 9.14. The Balaban J connectivity index is 2.60. The standard InChI is InChI=1S/C12H12N2O2/c1-8-3-4-10(12(15)16)5-11(8)14-7-13-6-9(14)2/h3-7H,1-2H3,(H,15,16). The number of benzene rings is 1. The second-order valence-corrected chi connectivity index (χ2v) is 3.71. The molecule has 82 valence electrons. The molecule has 0 saturated carbocycles. The van der Waals surface area contributed by atoms with E-state index in [0.29, 0.717) is 0 Å². The van der Waals surface area contributed by atoms with E-state index in [0.717, 1.165) is 16.9 Å². The highest BCUT2D eigenvalue weighted by Gasteiger charge is 2.08. The van der Waals surface area contributed by atoms with Crippen molar-refractivity contribution in [3.8, 4) is 5.69 Å². The van der Waals surface area contributed by atoms with E-state index in [1.165, 1.54) is 0 Å². The lowest BCUT2D eigenvalue weighted by atomic mass is 10.1. The number of aromatic carboxylic acids is 1. The van der Waals surface area contributed by atoms with Crippen LogP contribution in [0.5, 0.6) is 0 Å². The van der Waals surface area contributed by atoms with Crippen molar-refractivity contribution in [1.29, 1.82) is 0 Å². The van der Waals surface area contributed by atoms with E-state index < -0.39 is 5.97 Å². The van der Waals surface area contributed by atoms with Gasteiger partial charge in [0.05, 0.1) is 17.6 Å². The van der Waals surface area contributed by atoms with Crippen molar-refractivity contribution in [2.45, 2.75) is 13.8 Å². The van der Waals surface area contributed by atoms with Crippen LogP contribution in [0, 0.1) is 13.8 Å². The van der Waals surface area contributed by atoms with Gasteiger partial charge < -0.3 is 9.67 Å². The predicted molar refractivity (Wildman–Crippen MR) is 60.0 cm³/mol. The van der Waals surface area contributed by atoms with Gasteiger partial charge >= 0.3 is 5.97 Å². The van der Waals surface area contributed by atoms with E-state index in [2.05, 4.69) is 4.98 Å². The summed E-state index contributed by atoms with van der Waals surface area (Å²) in [4.78, 5) is 14.9. The largest absolute Gasteiger partial charge is 0.478 e. The van der Waals surface area contributed by atoms with Gasteiger partial charge in [0.15, 0.2) is 0 Å². The summed E-state index contributed by atoms with van der Waals surface area (Å²) >= 11 is 0. The van der Waals surface area contributed by atoms with Crippen LogP contribution in [0.1, 0.15) is 21.6 Å². The lowest BCUT2D eigenvalue weighted by Gasteiger charge is -2.09. The van der Waals surface area contributed by atoms with Crippen LogP contribution < -0.4 is 0 Å². The number of aryl methyl sites for hydroxylation is 2. The molecule has 4 heteroatoms. The number of rotatable bonds is 2. The number of carboxylic acids is 1. The van der Waals surface area contributed by atoms with E-state index in [1.54, 1.807) is 30.7 Å². The lowest BCUT2D eigenvalue weighted by Crippen LogP contribution is -2.02. The van der Waals surface area contributed by atoms with Crippen molar-refractivity contribution in [2.24, 2.45) is 0 Å². The molecule has 0 radical (unpaired) electrons. The van der Waals surface area contributed by atoms with Gasteiger partial charge in [-0.3, -0.25) is 0 Å². The second-order valence-electron chi connectivity index (χ2n) is 3.71. The number of aromatic nitrogens is 2. The van der Waals surface area contributed by atoms with Crippen LogP contribution in [0.2, 0.25) is 0 Å². The Bertz CT molecular complexity index is 544. The first-order valence-electron chi connectivity index (χ1n) is 4.93. The Labute approximate surface area is 93.2 Å². The Kier molecular flexibility index (Phi) is 2.48. The van der Waals surface area contributed by atoms with Crippen LogP contribution in [-0.2, 0) is 0 Å². The Morgan fingerprint density at radius 1 is 1.38 bits per heavy atom. The second kappa shape index (κ2) is 3.81. The minimum absolute atomic E-state index is 0.286. The molecule has 0 amide bonds. The molecular formula is C12H12N2O2. The van der Waals surface area contributed by atoms with Crippen LogP contribution in [-0.4, -0.2) is 20.6 Å². The smallest absolute Gasteiger partial charge is 0.335 e. The molecule has 1 aromatic heterocycles. The molecule has 0 aliphatic carbocycles. The summed E-state index contributed by atoms with van der Waals surface area (Å²) in [5.41, 5.74) is 3.14. The first kappa shape index (κ1) is 10.4. The van der Waals surface area contributed by atoms with Gasteiger partial charge in [0.25, 0.3) is 0 Å². The predicted octanol–water partition coefficient (Wildman–Crippen LogP) is 2.19. The highest BCUT2D eigenvalue weighted by Crippen LogP contribution is 2.17. The Morgan fingerprint density at radius 2 is 2.12 bits per heavy atom. The van der Waals surface area contributed by atoms with Gasteiger partial charge in [-0.25, -0.2) is 9.78 Å². The molecule has 0 saturated heterocycles. The van der Waals surface area contributed by atoms with Crippen LogP contribution in [0.3, 0.4) is 0 Å². The van der Waals surface area contributed by atoms with Gasteiger partial charge in [0, 0.05) is 11.9 Å². The van der Waals surface area contributed by atoms with E-state index in [4.69, 9.17) is 5.11 Å². The molecule has 1 aromatic carbocycles. The number of hydrogen-bond donors (Lipinski definition) is 1. The third-order valence-electron chi connectivity index (χ3n) is 2.54. The SMILES string of the molecule is Cc1ccc(C(=O)O)cc1-n1cncc1C. The van der Waals surface area contributed by atoms with E-state index in [9.17, 15) is 4.79 Å². The summed E-state index contributed by atoms with van der Waals surface area (Å²) < 4.78 is 1.88. The van der Waals surface area contributed by atoms with Crippen molar-refractivity contribution in [3.05, 3.63) is 47.5 Å². The van der Waals surface area contributed by atoms with Crippen molar-refractivity contribution in [2.75, 3.05) is 0 Å². The van der Waals surface area contributed by atoms with Crippen molar-refractivity contribution in [3.63, 3.8) is 0 Å². The van der Waals surface area contributed by atoms with E-state index in [1.807, 2.05) is 18.4 Å². The lowest BCUT2D eigenvalue weighted by molar-refractivity contribution is 0.0697. The molecule has 16 heavy (non-hydrogen) atoms. The normalized spacial score (nSPS) is 10.4.